The Hall–Kier alpha value is -4.92. The van der Waals surface area contributed by atoms with Gasteiger partial charge in [0, 0.05) is 48.4 Å². The standard InChI is InChI=1S/C26H36N10O5/c1-14(27)22(37)35-20(9-15-11-32-18-6-3-2-5-17(15)18)23(38)36-21(10-16-12-30-13-33-16)24(39)34-19(25(40)41)7-4-8-31-26(28)29/h2-3,5-6,11-14,19-21,32H,4,7-10,27H2,1H3,(H,30,33)(H,34,39)(H,35,37)(H,36,38)(H,40,41)(H4,28,29,31). The lowest BCUT2D eigenvalue weighted by Crippen LogP contribution is -2.58. The Morgan fingerprint density at radius 1 is 0.976 bits per heavy atom. The highest BCUT2D eigenvalue weighted by Gasteiger charge is 2.31. The lowest BCUT2D eigenvalue weighted by Gasteiger charge is -2.25. The van der Waals surface area contributed by atoms with E-state index in [1.807, 2.05) is 24.3 Å². The molecule has 2 heterocycles. The number of carbonyl (C=O) groups excluding carboxylic acids is 3. The number of nitrogens with zero attached hydrogens (tertiary/aromatic N) is 2. The zero-order valence-corrected chi connectivity index (χ0v) is 22.6. The number of aliphatic imine (C=N–C) groups is 1. The molecule has 0 radical (unpaired) electrons. The average molecular weight is 569 g/mol. The summed E-state index contributed by atoms with van der Waals surface area (Å²) in [6.45, 7) is 1.68. The fraction of sp³-hybridized carbons (Fsp3) is 0.385. The molecule has 0 aliphatic heterocycles. The molecule has 1 aromatic carbocycles. The van der Waals surface area contributed by atoms with E-state index in [0.717, 1.165) is 16.5 Å². The van der Waals surface area contributed by atoms with Crippen LogP contribution in [0.3, 0.4) is 0 Å². The van der Waals surface area contributed by atoms with Crippen molar-refractivity contribution in [1.82, 2.24) is 30.9 Å². The van der Waals surface area contributed by atoms with Crippen molar-refractivity contribution in [2.24, 2.45) is 22.2 Å². The van der Waals surface area contributed by atoms with Crippen LogP contribution in [0.15, 0.2) is 48.0 Å². The van der Waals surface area contributed by atoms with E-state index in [1.165, 1.54) is 19.4 Å². The number of carboxylic acids is 1. The molecule has 0 aliphatic carbocycles. The number of guanidine groups is 1. The van der Waals surface area contributed by atoms with Gasteiger partial charge in [-0.05, 0) is 31.4 Å². The maximum Gasteiger partial charge on any atom is 0.326 e. The first-order valence-electron chi connectivity index (χ1n) is 13.0. The predicted octanol–water partition coefficient (Wildman–Crippen LogP) is -1.38. The highest BCUT2D eigenvalue weighted by Crippen LogP contribution is 2.19. The molecule has 41 heavy (non-hydrogen) atoms. The molecule has 2 aromatic heterocycles. The van der Waals surface area contributed by atoms with Crippen LogP contribution in [0.25, 0.3) is 10.9 Å². The largest absolute Gasteiger partial charge is 0.480 e. The number of para-hydroxylation sites is 1. The van der Waals surface area contributed by atoms with E-state index in [4.69, 9.17) is 17.2 Å². The van der Waals surface area contributed by atoms with Crippen LogP contribution in [0.4, 0.5) is 0 Å². The molecule has 12 N–H and O–H groups in total. The maximum absolute atomic E-state index is 13.6. The van der Waals surface area contributed by atoms with Crippen molar-refractivity contribution >= 4 is 40.6 Å². The van der Waals surface area contributed by atoms with Crippen LogP contribution in [0.1, 0.15) is 31.0 Å². The van der Waals surface area contributed by atoms with Gasteiger partial charge in [0.2, 0.25) is 17.7 Å². The maximum atomic E-state index is 13.6. The first-order valence-corrected chi connectivity index (χ1v) is 13.0. The van der Waals surface area contributed by atoms with Gasteiger partial charge in [-0.25, -0.2) is 9.78 Å². The van der Waals surface area contributed by atoms with Crippen LogP contribution >= 0.6 is 0 Å². The zero-order valence-electron chi connectivity index (χ0n) is 22.6. The van der Waals surface area contributed by atoms with Crippen LogP contribution in [0, 0.1) is 0 Å². The molecule has 4 atom stereocenters. The predicted molar refractivity (Wildman–Crippen MR) is 151 cm³/mol. The molecule has 4 unspecified atom stereocenters. The van der Waals surface area contributed by atoms with Crippen LogP contribution in [0.5, 0.6) is 0 Å². The number of imidazole rings is 1. The minimum Gasteiger partial charge on any atom is -0.480 e. The summed E-state index contributed by atoms with van der Waals surface area (Å²) in [6, 6.07) is 3.09. The van der Waals surface area contributed by atoms with Crippen LogP contribution in [0.2, 0.25) is 0 Å². The third-order valence-electron chi connectivity index (χ3n) is 6.32. The number of nitrogens with one attached hydrogen (secondary N) is 5. The van der Waals surface area contributed by atoms with E-state index in [0.29, 0.717) is 12.1 Å². The minimum absolute atomic E-state index is 0.0149. The summed E-state index contributed by atoms with van der Waals surface area (Å²) in [5.74, 6) is -3.31. The van der Waals surface area contributed by atoms with E-state index in [-0.39, 0.29) is 31.8 Å². The lowest BCUT2D eigenvalue weighted by atomic mass is 10.0. The van der Waals surface area contributed by atoms with Gasteiger partial charge in [0.15, 0.2) is 5.96 Å². The second kappa shape index (κ2) is 14.5. The van der Waals surface area contributed by atoms with Gasteiger partial charge in [-0.1, -0.05) is 18.2 Å². The summed E-state index contributed by atoms with van der Waals surface area (Å²) >= 11 is 0. The van der Waals surface area contributed by atoms with E-state index in [2.05, 4.69) is 35.9 Å². The molecule has 3 aromatic rings. The molecule has 3 amide bonds. The molecule has 15 heteroatoms. The number of aliphatic carboxylic acids is 1. The van der Waals surface area contributed by atoms with Crippen molar-refractivity contribution in [2.45, 2.75) is 56.8 Å². The zero-order chi connectivity index (χ0) is 29.9. The molecular weight excluding hydrogens is 532 g/mol. The van der Waals surface area contributed by atoms with Gasteiger partial charge < -0.3 is 48.2 Å². The summed E-state index contributed by atoms with van der Waals surface area (Å²) in [4.78, 5) is 65.0. The number of rotatable bonds is 15. The van der Waals surface area contributed by atoms with Gasteiger partial charge in [0.1, 0.15) is 18.1 Å². The van der Waals surface area contributed by atoms with Crippen molar-refractivity contribution in [3.8, 4) is 0 Å². The molecule has 15 nitrogen and oxygen atoms in total. The molecule has 0 spiro atoms. The Bertz CT molecular complexity index is 1360. The molecule has 0 fully saturated rings. The Labute approximate surface area is 235 Å². The summed E-state index contributed by atoms with van der Waals surface area (Å²) in [7, 11) is 0. The van der Waals surface area contributed by atoms with Gasteiger partial charge in [-0.3, -0.25) is 19.4 Å². The van der Waals surface area contributed by atoms with Crippen molar-refractivity contribution in [1.29, 1.82) is 0 Å². The number of amides is 3. The molecular formula is C26H36N10O5. The Balaban J connectivity index is 1.80. The van der Waals surface area contributed by atoms with Crippen LogP contribution in [-0.4, -0.2) is 80.4 Å². The third-order valence-corrected chi connectivity index (χ3v) is 6.32. The van der Waals surface area contributed by atoms with Gasteiger partial charge in [-0.15, -0.1) is 0 Å². The quantitative estimate of drug-likeness (QED) is 0.0593. The van der Waals surface area contributed by atoms with E-state index >= 15 is 0 Å². The number of hydrogen-bond acceptors (Lipinski definition) is 7. The van der Waals surface area contributed by atoms with Crippen molar-refractivity contribution in [3.05, 3.63) is 54.2 Å². The number of H-pyrrole nitrogens is 2. The minimum atomic E-state index is -1.25. The first kappa shape index (κ1) is 30.6. The number of aromatic nitrogens is 3. The van der Waals surface area contributed by atoms with Crippen molar-refractivity contribution in [2.75, 3.05) is 6.54 Å². The highest BCUT2D eigenvalue weighted by atomic mass is 16.4. The number of nitrogens with two attached hydrogens (primary N) is 3. The van der Waals surface area contributed by atoms with E-state index in [1.54, 1.807) is 6.20 Å². The Morgan fingerprint density at radius 2 is 1.63 bits per heavy atom. The smallest absolute Gasteiger partial charge is 0.326 e. The molecule has 0 saturated heterocycles. The van der Waals surface area contributed by atoms with E-state index in [9.17, 15) is 24.3 Å². The van der Waals surface area contributed by atoms with Crippen LogP contribution in [-0.2, 0) is 32.0 Å². The average Bonchev–Trinajstić information content (AvgIpc) is 3.59. The highest BCUT2D eigenvalue weighted by molar-refractivity contribution is 5.95. The molecule has 220 valence electrons. The summed E-state index contributed by atoms with van der Waals surface area (Å²) in [5.41, 5.74) is 18.5. The second-order valence-corrected chi connectivity index (χ2v) is 9.60. The van der Waals surface area contributed by atoms with Crippen molar-refractivity contribution < 1.29 is 24.3 Å². The fourth-order valence-electron chi connectivity index (χ4n) is 4.16. The van der Waals surface area contributed by atoms with Gasteiger partial charge >= 0.3 is 5.97 Å². The number of carboxylic acid groups (broad SMARTS) is 1. The SMILES string of the molecule is CC(N)C(=O)NC(Cc1c[nH]c2ccccc12)C(=O)NC(Cc1cnc[nH]1)C(=O)NC(CCCN=C(N)N)C(=O)O. The number of fused-ring (bicyclic) bond motifs is 1. The summed E-state index contributed by atoms with van der Waals surface area (Å²) in [6.07, 6.45) is 5.08. The second-order valence-electron chi connectivity index (χ2n) is 9.60. The molecule has 3 rings (SSSR count). The Morgan fingerprint density at radius 3 is 2.27 bits per heavy atom. The topological polar surface area (TPSA) is 259 Å². The van der Waals surface area contributed by atoms with Crippen molar-refractivity contribution in [3.63, 3.8) is 0 Å². The molecule has 0 saturated carbocycles. The number of aromatic amines is 2. The van der Waals surface area contributed by atoms with Gasteiger partial charge in [0.05, 0.1) is 12.4 Å². The number of carbonyl (C=O) groups is 4. The molecule has 0 aliphatic rings. The normalized spacial score (nSPS) is 13.9. The van der Waals surface area contributed by atoms with Gasteiger partial charge in [-0.2, -0.15) is 0 Å². The number of hydrogen-bond donors (Lipinski definition) is 9. The summed E-state index contributed by atoms with van der Waals surface area (Å²) < 4.78 is 0. The third kappa shape index (κ3) is 9.06. The monoisotopic (exact) mass is 568 g/mol. The van der Waals surface area contributed by atoms with Gasteiger partial charge in [0.25, 0.3) is 0 Å². The fourth-order valence-corrected chi connectivity index (χ4v) is 4.16. The Kier molecular flexibility index (Phi) is 10.8. The summed E-state index contributed by atoms with van der Waals surface area (Å²) in [5, 5.41) is 18.3. The number of benzene rings is 1. The van der Waals surface area contributed by atoms with Crippen LogP contribution < -0.4 is 33.2 Å². The molecule has 0 bridgehead atoms. The first-order chi connectivity index (χ1) is 19.5. The van der Waals surface area contributed by atoms with E-state index < -0.39 is 47.9 Å². The lowest BCUT2D eigenvalue weighted by molar-refractivity contribution is -0.142.